The van der Waals surface area contributed by atoms with Gasteiger partial charge in [0, 0.05) is 6.54 Å². The van der Waals surface area contributed by atoms with Crippen LogP contribution in [0, 0.1) is 0 Å². The van der Waals surface area contributed by atoms with E-state index in [4.69, 9.17) is 0 Å². The molecule has 0 saturated carbocycles. The van der Waals surface area contributed by atoms with Crippen molar-refractivity contribution in [3.8, 4) is 0 Å². The van der Waals surface area contributed by atoms with Crippen LogP contribution in [0.5, 0.6) is 0 Å². The van der Waals surface area contributed by atoms with Gasteiger partial charge in [-0.25, -0.2) is 4.98 Å². The minimum atomic E-state index is -0.0939. The lowest BCUT2D eigenvalue weighted by atomic mass is 10.4. The topological polar surface area (TPSA) is 61.0 Å². The van der Waals surface area contributed by atoms with Crippen LogP contribution in [0.1, 0.15) is 13.3 Å². The van der Waals surface area contributed by atoms with Crippen molar-refractivity contribution in [2.75, 3.05) is 23.4 Å². The number of hydrogen-bond donors (Lipinski definition) is 2. The number of aromatic amines is 1. The lowest BCUT2D eigenvalue weighted by molar-refractivity contribution is 0.808. The van der Waals surface area contributed by atoms with Crippen LogP contribution in [0.4, 0.5) is 11.5 Å². The van der Waals surface area contributed by atoms with E-state index in [0.717, 1.165) is 18.8 Å². The Hall–Kier alpha value is -1.52. The number of nitrogens with one attached hydrogen (secondary N) is 2. The maximum atomic E-state index is 11.3. The lowest BCUT2D eigenvalue weighted by Gasteiger charge is -2.14. The molecule has 2 N–H and O–H groups in total. The third-order valence-electron chi connectivity index (χ3n) is 2.07. The van der Waals surface area contributed by atoms with Gasteiger partial charge in [0.2, 0.25) is 0 Å². The van der Waals surface area contributed by atoms with E-state index in [1.807, 2.05) is 0 Å². The van der Waals surface area contributed by atoms with Gasteiger partial charge in [-0.2, -0.15) is 0 Å². The molecule has 0 unspecified atom stereocenters. The highest BCUT2D eigenvalue weighted by Gasteiger charge is 2.21. The van der Waals surface area contributed by atoms with Crippen LogP contribution in [-0.2, 0) is 0 Å². The fourth-order valence-corrected chi connectivity index (χ4v) is 1.49. The summed E-state index contributed by atoms with van der Waals surface area (Å²) in [4.78, 5) is 20.0. The molecule has 2 heterocycles. The van der Waals surface area contributed by atoms with Crippen molar-refractivity contribution in [2.45, 2.75) is 13.3 Å². The molecule has 70 valence electrons. The zero-order valence-electron chi connectivity index (χ0n) is 7.50. The van der Waals surface area contributed by atoms with Crippen molar-refractivity contribution >= 4 is 11.5 Å². The van der Waals surface area contributed by atoms with Crippen LogP contribution in [0.2, 0.25) is 0 Å². The number of anilines is 2. The number of hydrogen-bond acceptors (Lipinski definition) is 4. The Kier molecular flexibility index (Phi) is 1.92. The summed E-state index contributed by atoms with van der Waals surface area (Å²) in [5.74, 6) is 0.769. The standard InChI is InChI=1S/C8H12N4O/c1-2-3-12-5-11-6-7(12)9-4-10-8(6)13/h4,11H,2-3,5H2,1H3,(H,9,10,13). The minimum absolute atomic E-state index is 0.0939. The first kappa shape index (κ1) is 8.10. The molecule has 0 fully saturated rings. The first-order chi connectivity index (χ1) is 6.33. The van der Waals surface area contributed by atoms with E-state index in [2.05, 4.69) is 27.1 Å². The van der Waals surface area contributed by atoms with E-state index in [-0.39, 0.29) is 5.56 Å². The van der Waals surface area contributed by atoms with Crippen LogP contribution in [-0.4, -0.2) is 23.2 Å². The summed E-state index contributed by atoms with van der Waals surface area (Å²) in [6.07, 6.45) is 2.49. The van der Waals surface area contributed by atoms with Gasteiger partial charge in [-0.15, -0.1) is 0 Å². The summed E-state index contributed by atoms with van der Waals surface area (Å²) >= 11 is 0. The van der Waals surface area contributed by atoms with E-state index in [1.54, 1.807) is 0 Å². The van der Waals surface area contributed by atoms with Crippen molar-refractivity contribution in [1.29, 1.82) is 0 Å². The van der Waals surface area contributed by atoms with E-state index >= 15 is 0 Å². The summed E-state index contributed by atoms with van der Waals surface area (Å²) in [7, 11) is 0. The summed E-state index contributed by atoms with van der Waals surface area (Å²) in [6.45, 7) is 3.71. The van der Waals surface area contributed by atoms with E-state index in [9.17, 15) is 4.79 Å². The molecule has 0 bridgehead atoms. The highest BCUT2D eigenvalue weighted by Crippen LogP contribution is 2.23. The van der Waals surface area contributed by atoms with Crippen molar-refractivity contribution < 1.29 is 0 Å². The second-order valence-electron chi connectivity index (χ2n) is 3.03. The van der Waals surface area contributed by atoms with Crippen molar-refractivity contribution in [2.24, 2.45) is 0 Å². The number of H-pyrrole nitrogens is 1. The second-order valence-corrected chi connectivity index (χ2v) is 3.03. The molecule has 1 aliphatic rings. The number of fused-ring (bicyclic) bond motifs is 1. The van der Waals surface area contributed by atoms with Crippen LogP contribution in [0.25, 0.3) is 0 Å². The van der Waals surface area contributed by atoms with Crippen molar-refractivity contribution in [3.05, 3.63) is 16.7 Å². The third kappa shape index (κ3) is 1.26. The monoisotopic (exact) mass is 180 g/mol. The molecule has 0 atom stereocenters. The maximum absolute atomic E-state index is 11.3. The van der Waals surface area contributed by atoms with Gasteiger partial charge in [-0.05, 0) is 6.42 Å². The summed E-state index contributed by atoms with van der Waals surface area (Å²) < 4.78 is 0. The molecular weight excluding hydrogens is 168 g/mol. The molecule has 2 rings (SSSR count). The first-order valence-corrected chi connectivity index (χ1v) is 4.39. The molecule has 13 heavy (non-hydrogen) atoms. The smallest absolute Gasteiger partial charge is 0.276 e. The van der Waals surface area contributed by atoms with Gasteiger partial charge in [0.25, 0.3) is 5.56 Å². The zero-order chi connectivity index (χ0) is 9.26. The average molecular weight is 180 g/mol. The molecule has 1 aromatic heterocycles. The fourth-order valence-electron chi connectivity index (χ4n) is 1.49. The van der Waals surface area contributed by atoms with Gasteiger partial charge >= 0.3 is 0 Å². The molecule has 0 saturated heterocycles. The third-order valence-corrected chi connectivity index (χ3v) is 2.07. The Morgan fingerprint density at radius 3 is 3.31 bits per heavy atom. The second kappa shape index (κ2) is 3.08. The number of rotatable bonds is 2. The van der Waals surface area contributed by atoms with Crippen molar-refractivity contribution in [1.82, 2.24) is 9.97 Å². The molecule has 1 aromatic rings. The fraction of sp³-hybridized carbons (Fsp3) is 0.500. The highest BCUT2D eigenvalue weighted by atomic mass is 16.1. The molecule has 5 nitrogen and oxygen atoms in total. The molecule has 0 radical (unpaired) electrons. The Bertz CT molecular complexity index is 359. The molecule has 0 aromatic carbocycles. The van der Waals surface area contributed by atoms with Crippen LogP contribution >= 0.6 is 0 Å². The van der Waals surface area contributed by atoms with Gasteiger partial charge in [-0.1, -0.05) is 6.92 Å². The molecule has 0 amide bonds. The Labute approximate surface area is 75.8 Å². The minimum Gasteiger partial charge on any atom is -0.360 e. The molecule has 5 heteroatoms. The predicted molar refractivity (Wildman–Crippen MR) is 51.0 cm³/mol. The van der Waals surface area contributed by atoms with Crippen LogP contribution < -0.4 is 15.8 Å². The predicted octanol–water partition coefficient (Wildman–Crippen LogP) is 0.369. The van der Waals surface area contributed by atoms with Gasteiger partial charge < -0.3 is 15.2 Å². The summed E-state index contributed by atoms with van der Waals surface area (Å²) in [6, 6.07) is 0. The van der Waals surface area contributed by atoms with Gasteiger partial charge in [0.05, 0.1) is 13.0 Å². The molecule has 0 spiro atoms. The Morgan fingerprint density at radius 1 is 1.69 bits per heavy atom. The normalized spacial score (nSPS) is 14.1. The average Bonchev–Trinajstić information content (AvgIpc) is 2.51. The first-order valence-electron chi connectivity index (χ1n) is 4.39. The van der Waals surface area contributed by atoms with E-state index in [0.29, 0.717) is 12.4 Å². The van der Waals surface area contributed by atoms with E-state index in [1.165, 1.54) is 6.33 Å². The SMILES string of the molecule is CCCN1CNc2c1nc[nH]c2=O. The summed E-state index contributed by atoms with van der Waals surface area (Å²) in [5.41, 5.74) is 0.500. The Morgan fingerprint density at radius 2 is 2.54 bits per heavy atom. The highest BCUT2D eigenvalue weighted by molar-refractivity contribution is 5.69. The molecule has 1 aliphatic heterocycles. The molecular formula is C8H12N4O. The van der Waals surface area contributed by atoms with Gasteiger partial charge in [-0.3, -0.25) is 4.79 Å². The zero-order valence-corrected chi connectivity index (χ0v) is 7.50. The molecule has 0 aliphatic carbocycles. The van der Waals surface area contributed by atoms with E-state index < -0.39 is 0 Å². The quantitative estimate of drug-likeness (QED) is 0.690. The summed E-state index contributed by atoms with van der Waals surface area (Å²) in [5, 5.41) is 3.02. The Balaban J connectivity index is 2.37. The lowest BCUT2D eigenvalue weighted by Crippen LogP contribution is -2.23. The van der Waals surface area contributed by atoms with Gasteiger partial charge in [0.15, 0.2) is 5.82 Å². The number of aromatic nitrogens is 2. The maximum Gasteiger partial charge on any atom is 0.276 e. The van der Waals surface area contributed by atoms with Crippen LogP contribution in [0.3, 0.4) is 0 Å². The largest absolute Gasteiger partial charge is 0.360 e. The van der Waals surface area contributed by atoms with Crippen LogP contribution in [0.15, 0.2) is 11.1 Å². The van der Waals surface area contributed by atoms with Crippen molar-refractivity contribution in [3.63, 3.8) is 0 Å². The van der Waals surface area contributed by atoms with Gasteiger partial charge in [0.1, 0.15) is 5.69 Å². The number of nitrogens with zero attached hydrogens (tertiary/aromatic N) is 2.